The zero-order valence-corrected chi connectivity index (χ0v) is 29.7. The number of carboxylic acid groups (broad SMARTS) is 1. The molecule has 4 heterocycles. The van der Waals surface area contributed by atoms with E-state index in [4.69, 9.17) is 14.4 Å². The molecule has 0 amide bonds. The molecule has 0 radical (unpaired) electrons. The summed E-state index contributed by atoms with van der Waals surface area (Å²) in [5.74, 6) is 0.306. The Hall–Kier alpha value is -5.67. The number of hydrogen-bond donors (Lipinski definition) is 4. The van der Waals surface area contributed by atoms with Gasteiger partial charge in [-0.2, -0.15) is 5.26 Å². The number of fused-ring (bicyclic) bond motifs is 2. The smallest absolute Gasteiger partial charge is 0.310 e. The fourth-order valence-corrected chi connectivity index (χ4v) is 7.07. The van der Waals surface area contributed by atoms with Gasteiger partial charge in [0.05, 0.1) is 17.1 Å². The lowest BCUT2D eigenvalue weighted by molar-refractivity contribution is -0.147. The zero-order valence-electron chi connectivity index (χ0n) is 29.7. The standard InChI is InChI=1S/C41H41N7O4/c1-24(49)19-43-20-28-16-29-11-13-44-38(36(29)45-21-28)46-34-10-6-8-32(26(34)3)31-7-5-9-33(25(31)2)39-47-35-17-27(15-30(18-42)37(35)52-39)22-48-14-12-41(4,23-48)40(50)51/h5-11,13,15-17,21,24,43,49H,12,14,19-20,22-23H2,1-4H3,(H,44,46)(H,50,51)/t24?,41-/m1/s1. The number of anilines is 2. The topological polar surface area (TPSA) is 160 Å². The number of aliphatic carboxylic acids is 1. The molecule has 11 heteroatoms. The van der Waals surface area contributed by atoms with E-state index < -0.39 is 17.5 Å². The van der Waals surface area contributed by atoms with Gasteiger partial charge < -0.3 is 25.3 Å². The molecule has 11 nitrogen and oxygen atoms in total. The Morgan fingerprint density at radius 1 is 1.06 bits per heavy atom. The van der Waals surface area contributed by atoms with Crippen molar-refractivity contribution >= 4 is 39.5 Å². The van der Waals surface area contributed by atoms with E-state index in [9.17, 15) is 20.3 Å². The van der Waals surface area contributed by atoms with Gasteiger partial charge in [0.1, 0.15) is 17.1 Å². The van der Waals surface area contributed by atoms with Gasteiger partial charge in [0.25, 0.3) is 0 Å². The van der Waals surface area contributed by atoms with E-state index in [1.165, 1.54) is 0 Å². The van der Waals surface area contributed by atoms with Crippen molar-refractivity contribution in [2.75, 3.05) is 25.0 Å². The SMILES string of the molecule is Cc1c(Nc2nccc3cc(CNCC(C)O)cnc23)cccc1-c1cccc(-c2nc3cc(CN4CC[C@@](C)(C(=O)O)C4)cc(C#N)c3o2)c1C. The van der Waals surface area contributed by atoms with E-state index in [1.807, 2.05) is 55.6 Å². The van der Waals surface area contributed by atoms with Crippen LogP contribution in [-0.2, 0) is 17.9 Å². The van der Waals surface area contributed by atoms with Crippen molar-refractivity contribution in [3.63, 3.8) is 0 Å². The zero-order chi connectivity index (χ0) is 36.6. The number of nitrogens with one attached hydrogen (secondary N) is 2. The Morgan fingerprint density at radius 3 is 2.58 bits per heavy atom. The van der Waals surface area contributed by atoms with E-state index in [-0.39, 0.29) is 0 Å². The first kappa shape index (κ1) is 34.8. The van der Waals surface area contributed by atoms with Crippen LogP contribution >= 0.6 is 0 Å². The minimum atomic E-state index is -0.785. The van der Waals surface area contributed by atoms with Gasteiger partial charge in [-0.15, -0.1) is 0 Å². The van der Waals surface area contributed by atoms with Crippen LogP contribution in [0.15, 0.2) is 77.5 Å². The maximum atomic E-state index is 11.8. The highest BCUT2D eigenvalue weighted by Crippen LogP contribution is 2.38. The molecule has 52 heavy (non-hydrogen) atoms. The summed E-state index contributed by atoms with van der Waals surface area (Å²) in [6.07, 6.45) is 3.77. The summed E-state index contributed by atoms with van der Waals surface area (Å²) < 4.78 is 6.28. The Balaban J connectivity index is 1.16. The number of aliphatic hydroxyl groups is 1. The van der Waals surface area contributed by atoms with Crippen LogP contribution in [0.4, 0.5) is 11.5 Å². The first-order chi connectivity index (χ1) is 25.0. The van der Waals surface area contributed by atoms with Gasteiger partial charge in [0, 0.05) is 55.2 Å². The van der Waals surface area contributed by atoms with Crippen molar-refractivity contribution in [2.45, 2.75) is 53.3 Å². The van der Waals surface area contributed by atoms with Crippen molar-refractivity contribution in [2.24, 2.45) is 5.41 Å². The second-order valence-corrected chi connectivity index (χ2v) is 14.1. The van der Waals surface area contributed by atoms with E-state index in [0.717, 1.165) is 55.5 Å². The van der Waals surface area contributed by atoms with Crippen molar-refractivity contribution in [1.82, 2.24) is 25.2 Å². The number of nitriles is 1. The first-order valence-electron chi connectivity index (χ1n) is 17.4. The molecule has 264 valence electrons. The summed E-state index contributed by atoms with van der Waals surface area (Å²) in [7, 11) is 0. The fraction of sp³-hybridized carbons (Fsp3) is 0.293. The highest BCUT2D eigenvalue weighted by Gasteiger charge is 2.40. The van der Waals surface area contributed by atoms with Crippen LogP contribution in [0, 0.1) is 30.6 Å². The molecule has 2 atom stereocenters. The minimum absolute atomic E-state index is 0.399. The number of benzene rings is 3. The molecule has 7 rings (SSSR count). The third kappa shape index (κ3) is 6.84. The van der Waals surface area contributed by atoms with Gasteiger partial charge in [-0.25, -0.2) is 9.97 Å². The molecular formula is C41H41N7O4. The molecule has 1 aliphatic rings. The van der Waals surface area contributed by atoms with Crippen molar-refractivity contribution in [3.8, 4) is 28.7 Å². The number of pyridine rings is 2. The highest BCUT2D eigenvalue weighted by molar-refractivity contribution is 5.91. The van der Waals surface area contributed by atoms with Crippen LogP contribution in [0.3, 0.4) is 0 Å². The summed E-state index contributed by atoms with van der Waals surface area (Å²) in [4.78, 5) is 28.1. The molecule has 3 aromatic heterocycles. The third-order valence-corrected chi connectivity index (χ3v) is 10.0. The first-order valence-corrected chi connectivity index (χ1v) is 17.4. The van der Waals surface area contributed by atoms with E-state index in [1.54, 1.807) is 20.0 Å². The van der Waals surface area contributed by atoms with Crippen LogP contribution < -0.4 is 10.6 Å². The third-order valence-electron chi connectivity index (χ3n) is 10.0. The number of rotatable bonds is 11. The summed E-state index contributed by atoms with van der Waals surface area (Å²) in [6, 6.07) is 22.2. The largest absolute Gasteiger partial charge is 0.481 e. The van der Waals surface area contributed by atoms with E-state index in [0.29, 0.717) is 67.5 Å². The molecule has 1 aliphatic heterocycles. The van der Waals surface area contributed by atoms with Gasteiger partial charge in [0.2, 0.25) is 5.89 Å². The minimum Gasteiger partial charge on any atom is -0.481 e. The maximum Gasteiger partial charge on any atom is 0.310 e. The normalized spacial score (nSPS) is 16.7. The monoisotopic (exact) mass is 695 g/mol. The average Bonchev–Trinajstić information content (AvgIpc) is 3.73. The van der Waals surface area contributed by atoms with Gasteiger partial charge >= 0.3 is 5.97 Å². The second kappa shape index (κ2) is 14.2. The van der Waals surface area contributed by atoms with Crippen LogP contribution in [0.1, 0.15) is 48.1 Å². The predicted molar refractivity (Wildman–Crippen MR) is 201 cm³/mol. The van der Waals surface area contributed by atoms with E-state index in [2.05, 4.69) is 51.7 Å². The van der Waals surface area contributed by atoms with Crippen LogP contribution in [0.2, 0.25) is 0 Å². The molecule has 1 saturated heterocycles. The number of aromatic nitrogens is 3. The summed E-state index contributed by atoms with van der Waals surface area (Å²) in [5, 5.41) is 37.0. The maximum absolute atomic E-state index is 11.8. The number of oxazole rings is 1. The number of aliphatic hydroxyl groups excluding tert-OH is 1. The Labute approximate surface area is 302 Å². The lowest BCUT2D eigenvalue weighted by atomic mass is 9.90. The van der Waals surface area contributed by atoms with Crippen molar-refractivity contribution in [3.05, 3.63) is 101 Å². The molecule has 0 aliphatic carbocycles. The molecule has 3 aromatic carbocycles. The Morgan fingerprint density at radius 2 is 1.83 bits per heavy atom. The number of carbonyl (C=O) groups is 1. The summed E-state index contributed by atoms with van der Waals surface area (Å²) >= 11 is 0. The van der Waals surface area contributed by atoms with E-state index >= 15 is 0 Å². The molecule has 0 spiro atoms. The predicted octanol–water partition coefficient (Wildman–Crippen LogP) is 7.10. The molecule has 6 aromatic rings. The number of nitrogens with zero attached hydrogens (tertiary/aromatic N) is 5. The average molecular weight is 696 g/mol. The van der Waals surface area contributed by atoms with Gasteiger partial charge in [-0.1, -0.05) is 24.3 Å². The van der Waals surface area contributed by atoms with Gasteiger partial charge in [0.15, 0.2) is 11.4 Å². The van der Waals surface area contributed by atoms with Crippen molar-refractivity contribution < 1.29 is 19.4 Å². The molecular weight excluding hydrogens is 654 g/mol. The molecule has 0 bridgehead atoms. The highest BCUT2D eigenvalue weighted by atomic mass is 16.4. The van der Waals surface area contributed by atoms with Crippen LogP contribution in [0.5, 0.6) is 0 Å². The summed E-state index contributed by atoms with van der Waals surface area (Å²) in [5.41, 5.74) is 9.15. The van der Waals surface area contributed by atoms with Gasteiger partial charge in [-0.05, 0) is 110 Å². The number of hydrogen-bond acceptors (Lipinski definition) is 10. The number of likely N-dealkylation sites (tertiary alicyclic amines) is 1. The lowest BCUT2D eigenvalue weighted by Gasteiger charge is -2.20. The van der Waals surface area contributed by atoms with Crippen LogP contribution in [0.25, 0.3) is 44.6 Å². The quantitative estimate of drug-likeness (QED) is 0.109. The van der Waals surface area contributed by atoms with Crippen LogP contribution in [-0.4, -0.2) is 61.8 Å². The Bertz CT molecular complexity index is 2360. The summed E-state index contributed by atoms with van der Waals surface area (Å²) in [6.45, 7) is 10.4. The second-order valence-electron chi connectivity index (χ2n) is 14.1. The number of carboxylic acids is 1. The molecule has 1 fully saturated rings. The molecule has 1 unspecified atom stereocenters. The fourth-order valence-electron chi connectivity index (χ4n) is 7.07. The van der Waals surface area contributed by atoms with Crippen molar-refractivity contribution in [1.29, 1.82) is 5.26 Å². The Kier molecular flexibility index (Phi) is 9.46. The van der Waals surface area contributed by atoms with Gasteiger partial charge in [-0.3, -0.25) is 14.7 Å². The molecule has 0 saturated carbocycles. The molecule has 4 N–H and O–H groups in total. The lowest BCUT2D eigenvalue weighted by Crippen LogP contribution is -2.31.